The van der Waals surface area contributed by atoms with Gasteiger partial charge in [0.05, 0.1) is 11.9 Å². The summed E-state index contributed by atoms with van der Waals surface area (Å²) in [4.78, 5) is 12.6. The van der Waals surface area contributed by atoms with Crippen molar-refractivity contribution in [3.05, 3.63) is 53.8 Å². The van der Waals surface area contributed by atoms with Crippen molar-refractivity contribution in [2.75, 3.05) is 30.3 Å². The van der Waals surface area contributed by atoms with Crippen LogP contribution in [0.4, 0.5) is 10.1 Å². The lowest BCUT2D eigenvalue weighted by Gasteiger charge is -2.29. The summed E-state index contributed by atoms with van der Waals surface area (Å²) in [5.74, 6) is 0.283. The van der Waals surface area contributed by atoms with E-state index in [0.717, 1.165) is 16.1 Å². The van der Waals surface area contributed by atoms with Gasteiger partial charge in [0.25, 0.3) is 0 Å². The van der Waals surface area contributed by atoms with Gasteiger partial charge in [-0.05, 0) is 49.6 Å². The molecule has 0 saturated heterocycles. The first-order chi connectivity index (χ1) is 14.3. The van der Waals surface area contributed by atoms with E-state index in [1.165, 1.54) is 19.1 Å². The van der Waals surface area contributed by atoms with Crippen molar-refractivity contribution >= 4 is 21.6 Å². The molecule has 0 spiro atoms. The number of sulfonamides is 1. The van der Waals surface area contributed by atoms with Crippen LogP contribution in [0.5, 0.6) is 11.5 Å². The van der Waals surface area contributed by atoms with E-state index < -0.39 is 22.0 Å². The third-order valence-corrected chi connectivity index (χ3v) is 5.97. The molecule has 1 N–H and O–H groups in total. The highest BCUT2D eigenvalue weighted by atomic mass is 32.2. The summed E-state index contributed by atoms with van der Waals surface area (Å²) in [7, 11) is -3.73. The first kappa shape index (κ1) is 21.9. The highest BCUT2D eigenvalue weighted by molar-refractivity contribution is 7.92. The summed E-state index contributed by atoms with van der Waals surface area (Å²) in [5.41, 5.74) is 1.29. The fourth-order valence-electron chi connectivity index (χ4n) is 3.28. The minimum absolute atomic E-state index is 0.291. The Morgan fingerprint density at radius 2 is 1.80 bits per heavy atom. The smallest absolute Gasteiger partial charge is 0.243 e. The Balaban J connectivity index is 1.64. The maximum absolute atomic E-state index is 12.9. The first-order valence-corrected chi connectivity index (χ1v) is 11.5. The van der Waals surface area contributed by atoms with Crippen molar-refractivity contribution in [3.63, 3.8) is 0 Å². The standard InChI is InChI=1S/C21H25FN2O5S/c1-15(21(25)23-11-3-4-16-5-7-17(22)8-6-16)24(30(2,26)27)18-9-10-19-20(14-18)29-13-12-28-19/h5-10,14-15H,3-4,11-13H2,1-2H3,(H,23,25)/t15-/m1/s1. The molecule has 0 fully saturated rings. The van der Waals surface area contributed by atoms with Crippen LogP contribution in [0.2, 0.25) is 0 Å². The van der Waals surface area contributed by atoms with Gasteiger partial charge in [0, 0.05) is 12.6 Å². The molecule has 1 heterocycles. The maximum atomic E-state index is 12.9. The molecular weight excluding hydrogens is 411 g/mol. The van der Waals surface area contributed by atoms with E-state index in [2.05, 4.69) is 5.32 Å². The topological polar surface area (TPSA) is 84.9 Å². The molecule has 0 saturated carbocycles. The molecule has 1 amide bonds. The number of anilines is 1. The lowest BCUT2D eigenvalue weighted by molar-refractivity contribution is -0.121. The third-order valence-electron chi connectivity index (χ3n) is 4.72. The molecule has 2 aromatic rings. The number of nitrogens with one attached hydrogen (secondary N) is 1. The molecule has 0 radical (unpaired) electrons. The van der Waals surface area contributed by atoms with Crippen molar-refractivity contribution in [1.29, 1.82) is 0 Å². The molecule has 1 aliphatic rings. The zero-order chi connectivity index (χ0) is 21.7. The highest BCUT2D eigenvalue weighted by Crippen LogP contribution is 2.35. The Morgan fingerprint density at radius 3 is 2.47 bits per heavy atom. The second kappa shape index (κ2) is 9.34. The van der Waals surface area contributed by atoms with Crippen molar-refractivity contribution in [1.82, 2.24) is 5.32 Å². The number of nitrogens with zero attached hydrogens (tertiary/aromatic N) is 1. The van der Waals surface area contributed by atoms with Gasteiger partial charge in [-0.15, -0.1) is 0 Å². The number of hydrogen-bond acceptors (Lipinski definition) is 5. The highest BCUT2D eigenvalue weighted by Gasteiger charge is 2.30. The van der Waals surface area contributed by atoms with Crippen LogP contribution in [0.25, 0.3) is 0 Å². The maximum Gasteiger partial charge on any atom is 0.243 e. The molecule has 2 aromatic carbocycles. The van der Waals surface area contributed by atoms with Gasteiger partial charge in [-0.2, -0.15) is 0 Å². The van der Waals surface area contributed by atoms with Crippen LogP contribution in [0.1, 0.15) is 18.9 Å². The van der Waals surface area contributed by atoms with Crippen LogP contribution in [-0.4, -0.2) is 46.4 Å². The summed E-state index contributed by atoms with van der Waals surface area (Å²) in [6, 6.07) is 10.0. The fraction of sp³-hybridized carbons (Fsp3) is 0.381. The second-order valence-electron chi connectivity index (χ2n) is 7.08. The SMILES string of the molecule is C[C@H](C(=O)NCCCc1ccc(F)cc1)N(c1ccc2c(c1)OCCO2)S(C)(=O)=O. The molecule has 3 rings (SSSR count). The van der Waals surface area contributed by atoms with Gasteiger partial charge in [0.1, 0.15) is 25.1 Å². The Labute approximate surface area is 175 Å². The van der Waals surface area contributed by atoms with E-state index in [1.54, 1.807) is 30.3 Å². The summed E-state index contributed by atoms with van der Waals surface area (Å²) >= 11 is 0. The number of ether oxygens (including phenoxy) is 2. The van der Waals surface area contributed by atoms with Crippen LogP contribution < -0.4 is 19.1 Å². The molecule has 0 unspecified atom stereocenters. The number of halogens is 1. The molecule has 0 aromatic heterocycles. The van der Waals surface area contributed by atoms with Crippen molar-refractivity contribution in [3.8, 4) is 11.5 Å². The van der Waals surface area contributed by atoms with Gasteiger partial charge in [0.15, 0.2) is 11.5 Å². The number of amides is 1. The number of rotatable bonds is 8. The molecule has 0 aliphatic carbocycles. The molecule has 162 valence electrons. The predicted octanol–water partition coefficient (Wildman–Crippen LogP) is 2.50. The minimum atomic E-state index is -3.73. The molecule has 1 aliphatic heterocycles. The van der Waals surface area contributed by atoms with Crippen molar-refractivity contribution in [2.24, 2.45) is 0 Å². The molecule has 1 atom stereocenters. The van der Waals surface area contributed by atoms with Gasteiger partial charge >= 0.3 is 0 Å². The summed E-state index contributed by atoms with van der Waals surface area (Å²) in [5, 5.41) is 2.77. The van der Waals surface area contributed by atoms with E-state index in [0.29, 0.717) is 49.8 Å². The number of benzene rings is 2. The monoisotopic (exact) mass is 436 g/mol. The van der Waals surface area contributed by atoms with Gasteiger partial charge in [-0.1, -0.05) is 12.1 Å². The first-order valence-electron chi connectivity index (χ1n) is 9.67. The number of carbonyl (C=O) groups excluding carboxylic acids is 1. The number of hydrogen-bond donors (Lipinski definition) is 1. The normalized spacial score (nSPS) is 14.1. The Morgan fingerprint density at radius 1 is 1.13 bits per heavy atom. The zero-order valence-corrected chi connectivity index (χ0v) is 17.7. The van der Waals surface area contributed by atoms with E-state index in [-0.39, 0.29) is 5.82 Å². The van der Waals surface area contributed by atoms with Crippen molar-refractivity contribution in [2.45, 2.75) is 25.8 Å². The minimum Gasteiger partial charge on any atom is -0.486 e. The lowest BCUT2D eigenvalue weighted by Crippen LogP contribution is -2.48. The average Bonchev–Trinajstić information content (AvgIpc) is 2.71. The van der Waals surface area contributed by atoms with Gasteiger partial charge < -0.3 is 14.8 Å². The summed E-state index contributed by atoms with van der Waals surface area (Å²) in [6.45, 7) is 2.71. The zero-order valence-electron chi connectivity index (χ0n) is 16.9. The van der Waals surface area contributed by atoms with Gasteiger partial charge in [0.2, 0.25) is 15.9 Å². The molecular formula is C21H25FN2O5S. The van der Waals surface area contributed by atoms with Crippen LogP contribution in [0, 0.1) is 5.82 Å². The van der Waals surface area contributed by atoms with Crippen LogP contribution in [-0.2, 0) is 21.2 Å². The van der Waals surface area contributed by atoms with E-state index in [9.17, 15) is 17.6 Å². The average molecular weight is 437 g/mol. The summed E-state index contributed by atoms with van der Waals surface area (Å²) in [6.07, 6.45) is 2.38. The van der Waals surface area contributed by atoms with Gasteiger partial charge in [-0.3, -0.25) is 9.10 Å². The second-order valence-corrected chi connectivity index (χ2v) is 8.94. The van der Waals surface area contributed by atoms with E-state index in [1.807, 2.05) is 0 Å². The van der Waals surface area contributed by atoms with Gasteiger partial charge in [-0.25, -0.2) is 12.8 Å². The fourth-order valence-corrected chi connectivity index (χ4v) is 4.45. The quantitative estimate of drug-likeness (QED) is 0.643. The molecule has 0 bridgehead atoms. The molecule has 9 heteroatoms. The largest absolute Gasteiger partial charge is 0.486 e. The molecule has 30 heavy (non-hydrogen) atoms. The Hall–Kier alpha value is -2.81. The van der Waals surface area contributed by atoms with Crippen LogP contribution in [0.15, 0.2) is 42.5 Å². The Kier molecular flexibility index (Phi) is 6.81. The van der Waals surface area contributed by atoms with Crippen LogP contribution in [0.3, 0.4) is 0 Å². The van der Waals surface area contributed by atoms with E-state index >= 15 is 0 Å². The Bertz CT molecular complexity index is 995. The number of fused-ring (bicyclic) bond motifs is 1. The number of carbonyl (C=O) groups is 1. The van der Waals surface area contributed by atoms with Crippen LogP contribution >= 0.6 is 0 Å². The summed E-state index contributed by atoms with van der Waals surface area (Å²) < 4.78 is 49.9. The third kappa shape index (κ3) is 5.41. The van der Waals surface area contributed by atoms with Crippen molar-refractivity contribution < 1.29 is 27.1 Å². The van der Waals surface area contributed by atoms with E-state index in [4.69, 9.17) is 9.47 Å². The molecule has 7 nitrogen and oxygen atoms in total. The number of aryl methyl sites for hydroxylation is 1. The predicted molar refractivity (Wildman–Crippen MR) is 112 cm³/mol. The lowest BCUT2D eigenvalue weighted by atomic mass is 10.1.